The first-order valence-corrected chi connectivity index (χ1v) is 5.46. The average Bonchev–Trinajstić information content (AvgIpc) is 2.28. The van der Waals surface area contributed by atoms with Crippen molar-refractivity contribution >= 4 is 0 Å². The topological polar surface area (TPSA) is 72.0 Å². The van der Waals surface area contributed by atoms with E-state index >= 15 is 0 Å². The predicted octanol–water partition coefficient (Wildman–Crippen LogP) is 2.18. The Morgan fingerprint density at radius 2 is 2.12 bits per heavy atom. The van der Waals surface area contributed by atoms with E-state index in [1.54, 1.807) is 24.4 Å². The van der Waals surface area contributed by atoms with Gasteiger partial charge in [0, 0.05) is 29.1 Å². The van der Waals surface area contributed by atoms with Crippen molar-refractivity contribution in [3.8, 4) is 17.1 Å². The number of hydrogen-bond donors (Lipinski definition) is 2. The van der Waals surface area contributed by atoms with Gasteiger partial charge in [0.15, 0.2) is 5.82 Å². The number of nitrogens with zero attached hydrogens (tertiary/aromatic N) is 2. The van der Waals surface area contributed by atoms with Crippen LogP contribution in [0.2, 0.25) is 0 Å². The van der Waals surface area contributed by atoms with E-state index in [9.17, 15) is 5.11 Å². The highest BCUT2D eigenvalue weighted by Crippen LogP contribution is 2.21. The summed E-state index contributed by atoms with van der Waals surface area (Å²) in [6.45, 7) is 3.81. The van der Waals surface area contributed by atoms with Crippen LogP contribution in [0.15, 0.2) is 30.5 Å². The van der Waals surface area contributed by atoms with E-state index in [2.05, 4.69) is 9.97 Å². The second-order valence-corrected chi connectivity index (χ2v) is 4.07. The number of rotatable bonds is 2. The zero-order chi connectivity index (χ0) is 12.4. The van der Waals surface area contributed by atoms with E-state index in [1.807, 2.05) is 19.9 Å². The van der Waals surface area contributed by atoms with Gasteiger partial charge in [-0.25, -0.2) is 9.97 Å². The van der Waals surface area contributed by atoms with Crippen LogP contribution in [0.5, 0.6) is 5.75 Å². The Bertz CT molecular complexity index is 538. The van der Waals surface area contributed by atoms with E-state index in [-0.39, 0.29) is 11.8 Å². The molecule has 0 bridgehead atoms. The number of hydrogen-bond acceptors (Lipinski definition) is 4. The SMILES string of the molecule is Cc1nc(-c2cccc(O)c2)ncc1[C@@H](C)N. The number of benzene rings is 1. The third kappa shape index (κ3) is 2.42. The number of phenols is 1. The summed E-state index contributed by atoms with van der Waals surface area (Å²) in [5, 5.41) is 9.41. The summed E-state index contributed by atoms with van der Waals surface area (Å²) in [5.74, 6) is 0.808. The van der Waals surface area contributed by atoms with Crippen LogP contribution in [0.1, 0.15) is 24.2 Å². The molecule has 2 rings (SSSR count). The second-order valence-electron chi connectivity index (χ2n) is 4.07. The van der Waals surface area contributed by atoms with Crippen molar-refractivity contribution in [3.05, 3.63) is 41.7 Å². The highest BCUT2D eigenvalue weighted by Gasteiger charge is 2.08. The summed E-state index contributed by atoms with van der Waals surface area (Å²) in [6, 6.07) is 6.81. The lowest BCUT2D eigenvalue weighted by molar-refractivity contribution is 0.475. The van der Waals surface area contributed by atoms with Gasteiger partial charge in [-0.15, -0.1) is 0 Å². The molecular weight excluding hydrogens is 214 g/mol. The normalized spacial score (nSPS) is 12.4. The Balaban J connectivity index is 2.44. The molecule has 1 aromatic heterocycles. The standard InChI is InChI=1S/C13H15N3O/c1-8(14)12-7-15-13(16-9(12)2)10-4-3-5-11(17)6-10/h3-8,17H,14H2,1-2H3/t8-/m1/s1. The molecular formula is C13H15N3O. The number of aromatic hydroxyl groups is 1. The minimum atomic E-state index is -0.0757. The molecule has 0 fully saturated rings. The van der Waals surface area contributed by atoms with Crippen LogP contribution >= 0.6 is 0 Å². The minimum Gasteiger partial charge on any atom is -0.508 e. The number of nitrogens with two attached hydrogens (primary N) is 1. The van der Waals surface area contributed by atoms with Crippen LogP contribution in [0.4, 0.5) is 0 Å². The third-order valence-corrected chi connectivity index (χ3v) is 2.61. The second kappa shape index (κ2) is 4.51. The smallest absolute Gasteiger partial charge is 0.159 e. The molecule has 0 aliphatic rings. The largest absolute Gasteiger partial charge is 0.508 e. The highest BCUT2D eigenvalue weighted by molar-refractivity contribution is 5.57. The third-order valence-electron chi connectivity index (χ3n) is 2.61. The van der Waals surface area contributed by atoms with Crippen molar-refractivity contribution < 1.29 is 5.11 Å². The lowest BCUT2D eigenvalue weighted by atomic mass is 10.1. The van der Waals surface area contributed by atoms with Crippen molar-refractivity contribution in [1.82, 2.24) is 9.97 Å². The number of phenolic OH excluding ortho intramolecular Hbond substituents is 1. The van der Waals surface area contributed by atoms with Crippen LogP contribution in [0.25, 0.3) is 11.4 Å². The molecule has 0 amide bonds. The first-order valence-electron chi connectivity index (χ1n) is 5.46. The van der Waals surface area contributed by atoms with Gasteiger partial charge < -0.3 is 10.8 Å². The first-order chi connectivity index (χ1) is 8.08. The summed E-state index contributed by atoms with van der Waals surface area (Å²) < 4.78 is 0. The molecule has 0 spiro atoms. The molecule has 4 nitrogen and oxygen atoms in total. The Labute approximate surface area is 100 Å². The van der Waals surface area contributed by atoms with Crippen LogP contribution in [0.3, 0.4) is 0 Å². The molecule has 88 valence electrons. The Kier molecular flexibility index (Phi) is 3.06. The maximum absolute atomic E-state index is 9.41. The quantitative estimate of drug-likeness (QED) is 0.827. The van der Waals surface area contributed by atoms with Crippen LogP contribution in [-0.2, 0) is 0 Å². The van der Waals surface area contributed by atoms with E-state index in [0.29, 0.717) is 5.82 Å². The number of aryl methyl sites for hydroxylation is 1. The average molecular weight is 229 g/mol. The Morgan fingerprint density at radius 1 is 1.35 bits per heavy atom. The van der Waals surface area contributed by atoms with E-state index in [1.165, 1.54) is 0 Å². The van der Waals surface area contributed by atoms with Crippen LogP contribution < -0.4 is 5.73 Å². The van der Waals surface area contributed by atoms with Gasteiger partial charge >= 0.3 is 0 Å². The Morgan fingerprint density at radius 3 is 2.71 bits per heavy atom. The van der Waals surface area contributed by atoms with Gasteiger partial charge in [-0.3, -0.25) is 0 Å². The molecule has 0 aliphatic heterocycles. The summed E-state index contributed by atoms with van der Waals surface area (Å²) >= 11 is 0. The molecule has 1 heterocycles. The van der Waals surface area contributed by atoms with Crippen molar-refractivity contribution in [3.63, 3.8) is 0 Å². The van der Waals surface area contributed by atoms with E-state index < -0.39 is 0 Å². The van der Waals surface area contributed by atoms with E-state index in [0.717, 1.165) is 16.8 Å². The molecule has 1 aromatic carbocycles. The fourth-order valence-electron chi connectivity index (χ4n) is 1.71. The maximum atomic E-state index is 9.41. The lowest BCUT2D eigenvalue weighted by Crippen LogP contribution is -2.09. The van der Waals surface area contributed by atoms with Crippen molar-refractivity contribution in [2.24, 2.45) is 5.73 Å². The fourth-order valence-corrected chi connectivity index (χ4v) is 1.71. The monoisotopic (exact) mass is 229 g/mol. The summed E-state index contributed by atoms with van der Waals surface area (Å²) in [4.78, 5) is 8.67. The fraction of sp³-hybridized carbons (Fsp3) is 0.231. The molecule has 0 saturated carbocycles. The van der Waals surface area contributed by atoms with Crippen molar-refractivity contribution in [2.45, 2.75) is 19.9 Å². The first kappa shape index (κ1) is 11.5. The van der Waals surface area contributed by atoms with Gasteiger partial charge in [0.1, 0.15) is 5.75 Å². The van der Waals surface area contributed by atoms with E-state index in [4.69, 9.17) is 5.73 Å². The molecule has 1 atom stereocenters. The van der Waals surface area contributed by atoms with Gasteiger partial charge in [0.05, 0.1) is 0 Å². The van der Waals surface area contributed by atoms with Gasteiger partial charge in [-0.1, -0.05) is 12.1 Å². The Hall–Kier alpha value is -1.94. The van der Waals surface area contributed by atoms with Gasteiger partial charge in [-0.05, 0) is 26.0 Å². The number of aromatic nitrogens is 2. The maximum Gasteiger partial charge on any atom is 0.159 e. The molecule has 3 N–H and O–H groups in total. The van der Waals surface area contributed by atoms with Gasteiger partial charge in [-0.2, -0.15) is 0 Å². The summed E-state index contributed by atoms with van der Waals surface area (Å²) in [6.07, 6.45) is 1.74. The van der Waals surface area contributed by atoms with Gasteiger partial charge in [0.2, 0.25) is 0 Å². The van der Waals surface area contributed by atoms with Crippen LogP contribution in [0, 0.1) is 6.92 Å². The predicted molar refractivity (Wildman–Crippen MR) is 66.5 cm³/mol. The summed E-state index contributed by atoms with van der Waals surface area (Å²) in [5.41, 5.74) is 8.41. The zero-order valence-corrected chi connectivity index (χ0v) is 9.88. The highest BCUT2D eigenvalue weighted by atomic mass is 16.3. The molecule has 0 aliphatic carbocycles. The molecule has 0 saturated heterocycles. The van der Waals surface area contributed by atoms with Crippen molar-refractivity contribution in [1.29, 1.82) is 0 Å². The zero-order valence-electron chi connectivity index (χ0n) is 9.88. The molecule has 2 aromatic rings. The van der Waals surface area contributed by atoms with Crippen LogP contribution in [-0.4, -0.2) is 15.1 Å². The van der Waals surface area contributed by atoms with Gasteiger partial charge in [0.25, 0.3) is 0 Å². The lowest BCUT2D eigenvalue weighted by Gasteiger charge is -2.09. The minimum absolute atomic E-state index is 0.0757. The van der Waals surface area contributed by atoms with Crippen molar-refractivity contribution in [2.75, 3.05) is 0 Å². The molecule has 0 radical (unpaired) electrons. The molecule has 4 heteroatoms. The molecule has 0 unspecified atom stereocenters. The summed E-state index contributed by atoms with van der Waals surface area (Å²) in [7, 11) is 0. The molecule has 17 heavy (non-hydrogen) atoms.